The van der Waals surface area contributed by atoms with Crippen LogP contribution in [0.4, 0.5) is 10.8 Å². The predicted molar refractivity (Wildman–Crippen MR) is 108 cm³/mol. The fraction of sp³-hybridized carbons (Fsp3) is 0.190. The number of thiazole rings is 1. The van der Waals surface area contributed by atoms with E-state index in [1.54, 1.807) is 4.90 Å². The van der Waals surface area contributed by atoms with E-state index in [0.717, 1.165) is 21.8 Å². The smallest absolute Gasteiger partial charge is 0.231 e. The van der Waals surface area contributed by atoms with E-state index < -0.39 is 0 Å². The molecule has 2 heterocycles. The van der Waals surface area contributed by atoms with Crippen LogP contribution in [0, 0.1) is 12.8 Å². The van der Waals surface area contributed by atoms with Crippen molar-refractivity contribution in [3.8, 4) is 11.3 Å². The zero-order valence-corrected chi connectivity index (χ0v) is 15.7. The second-order valence-electron chi connectivity index (χ2n) is 6.52. The summed E-state index contributed by atoms with van der Waals surface area (Å²) in [4.78, 5) is 32.3. The fourth-order valence-corrected chi connectivity index (χ4v) is 4.10. The standard InChI is InChI=1S/C21H19N3O2S/c1-14-19(15-8-4-2-5-9-15)22-21(27-14)23-20(26)16-12-18(25)24(13-16)17-10-6-3-7-11-17/h2-11,16H,12-13H2,1H3,(H,22,23,26)/t16-/m1/s1. The van der Waals surface area contributed by atoms with E-state index in [-0.39, 0.29) is 24.2 Å². The molecule has 5 nitrogen and oxygen atoms in total. The van der Waals surface area contributed by atoms with Gasteiger partial charge in [0.15, 0.2) is 5.13 Å². The van der Waals surface area contributed by atoms with Crippen LogP contribution in [0.25, 0.3) is 11.3 Å². The minimum Gasteiger partial charge on any atom is -0.312 e. The Hall–Kier alpha value is -2.99. The highest BCUT2D eigenvalue weighted by atomic mass is 32.1. The van der Waals surface area contributed by atoms with Gasteiger partial charge < -0.3 is 10.2 Å². The molecule has 1 atom stereocenters. The summed E-state index contributed by atoms with van der Waals surface area (Å²) in [6.07, 6.45) is 0.219. The molecule has 4 rings (SSSR count). The van der Waals surface area contributed by atoms with Gasteiger partial charge in [0.1, 0.15) is 0 Å². The predicted octanol–water partition coefficient (Wildman–Crippen LogP) is 4.11. The number of aryl methyl sites for hydroxylation is 1. The molecule has 1 fully saturated rings. The van der Waals surface area contributed by atoms with Crippen molar-refractivity contribution in [3.05, 3.63) is 65.5 Å². The second-order valence-corrected chi connectivity index (χ2v) is 7.72. The van der Waals surface area contributed by atoms with Crippen molar-refractivity contribution in [2.45, 2.75) is 13.3 Å². The third-order valence-corrected chi connectivity index (χ3v) is 5.52. The Morgan fingerprint density at radius 2 is 1.78 bits per heavy atom. The summed E-state index contributed by atoms with van der Waals surface area (Å²) in [7, 11) is 0. The first-order valence-electron chi connectivity index (χ1n) is 8.81. The van der Waals surface area contributed by atoms with Gasteiger partial charge >= 0.3 is 0 Å². The van der Waals surface area contributed by atoms with Crippen LogP contribution in [0.1, 0.15) is 11.3 Å². The molecule has 136 valence electrons. The minimum atomic E-state index is -0.373. The van der Waals surface area contributed by atoms with Crippen molar-refractivity contribution in [1.29, 1.82) is 0 Å². The summed E-state index contributed by atoms with van der Waals surface area (Å²) < 4.78 is 0. The number of benzene rings is 2. The van der Waals surface area contributed by atoms with Crippen LogP contribution in [0.3, 0.4) is 0 Å². The van der Waals surface area contributed by atoms with Crippen molar-refractivity contribution in [2.24, 2.45) is 5.92 Å². The van der Waals surface area contributed by atoms with Gasteiger partial charge in [-0.15, -0.1) is 11.3 Å². The number of amides is 2. The van der Waals surface area contributed by atoms with Crippen molar-refractivity contribution in [3.63, 3.8) is 0 Å². The van der Waals surface area contributed by atoms with Gasteiger partial charge in [0.25, 0.3) is 0 Å². The van der Waals surface area contributed by atoms with Crippen LogP contribution in [0.15, 0.2) is 60.7 Å². The molecule has 0 unspecified atom stereocenters. The van der Waals surface area contributed by atoms with Crippen LogP contribution >= 0.6 is 11.3 Å². The minimum absolute atomic E-state index is 0.0263. The van der Waals surface area contributed by atoms with E-state index >= 15 is 0 Å². The van der Waals surface area contributed by atoms with Gasteiger partial charge in [0.05, 0.1) is 11.6 Å². The molecular formula is C21H19N3O2S. The number of hydrogen-bond acceptors (Lipinski definition) is 4. The summed E-state index contributed by atoms with van der Waals surface area (Å²) in [5.74, 6) is -0.557. The summed E-state index contributed by atoms with van der Waals surface area (Å²) >= 11 is 1.45. The van der Waals surface area contributed by atoms with E-state index in [2.05, 4.69) is 10.3 Å². The van der Waals surface area contributed by atoms with E-state index in [0.29, 0.717) is 11.7 Å². The quantitative estimate of drug-likeness (QED) is 0.744. The Bertz CT molecular complexity index is 970. The van der Waals surface area contributed by atoms with E-state index in [1.165, 1.54) is 11.3 Å². The van der Waals surface area contributed by atoms with Crippen molar-refractivity contribution in [1.82, 2.24) is 4.98 Å². The summed E-state index contributed by atoms with van der Waals surface area (Å²) in [5, 5.41) is 3.47. The number of hydrogen-bond donors (Lipinski definition) is 1. The molecule has 0 saturated carbocycles. The molecule has 1 saturated heterocycles. The summed E-state index contributed by atoms with van der Waals surface area (Å²) in [6, 6.07) is 19.3. The molecular weight excluding hydrogens is 358 g/mol. The van der Waals surface area contributed by atoms with Crippen LogP contribution < -0.4 is 10.2 Å². The first-order valence-corrected chi connectivity index (χ1v) is 9.62. The lowest BCUT2D eigenvalue weighted by Gasteiger charge is -2.16. The van der Waals surface area contributed by atoms with Crippen LogP contribution in [-0.2, 0) is 9.59 Å². The average molecular weight is 377 g/mol. The number of anilines is 2. The maximum atomic E-state index is 12.7. The van der Waals surface area contributed by atoms with E-state index in [1.807, 2.05) is 67.6 Å². The molecule has 2 aromatic carbocycles. The molecule has 1 aliphatic rings. The number of carbonyl (C=O) groups is 2. The largest absolute Gasteiger partial charge is 0.312 e. The Balaban J connectivity index is 1.47. The molecule has 3 aromatic rings. The number of para-hydroxylation sites is 1. The van der Waals surface area contributed by atoms with Gasteiger partial charge in [-0.25, -0.2) is 4.98 Å². The second kappa shape index (κ2) is 7.32. The molecule has 6 heteroatoms. The van der Waals surface area contributed by atoms with Gasteiger partial charge in [-0.1, -0.05) is 48.5 Å². The first kappa shape index (κ1) is 17.4. The molecule has 1 aromatic heterocycles. The Kier molecular flexibility index (Phi) is 4.73. The number of aromatic nitrogens is 1. The van der Waals surface area contributed by atoms with E-state index in [9.17, 15) is 9.59 Å². The lowest BCUT2D eigenvalue weighted by atomic mass is 10.1. The molecule has 2 amide bonds. The Labute approximate surface area is 161 Å². The molecule has 0 radical (unpaired) electrons. The molecule has 27 heavy (non-hydrogen) atoms. The van der Waals surface area contributed by atoms with Gasteiger partial charge in [-0.05, 0) is 19.1 Å². The number of nitrogens with one attached hydrogen (secondary N) is 1. The van der Waals surface area contributed by atoms with Gasteiger partial charge in [0.2, 0.25) is 11.8 Å². The topological polar surface area (TPSA) is 62.3 Å². The van der Waals surface area contributed by atoms with Crippen LogP contribution in [0.5, 0.6) is 0 Å². The highest BCUT2D eigenvalue weighted by Gasteiger charge is 2.35. The average Bonchev–Trinajstić information content (AvgIpc) is 3.26. The third-order valence-electron chi connectivity index (χ3n) is 4.64. The lowest BCUT2D eigenvalue weighted by molar-refractivity contribution is -0.122. The van der Waals surface area contributed by atoms with Gasteiger partial charge in [-0.2, -0.15) is 0 Å². The van der Waals surface area contributed by atoms with E-state index in [4.69, 9.17) is 0 Å². The van der Waals surface area contributed by atoms with Crippen molar-refractivity contribution < 1.29 is 9.59 Å². The van der Waals surface area contributed by atoms with Gasteiger partial charge in [0, 0.05) is 29.1 Å². The highest BCUT2D eigenvalue weighted by Crippen LogP contribution is 2.31. The van der Waals surface area contributed by atoms with Crippen LogP contribution in [0.2, 0.25) is 0 Å². The molecule has 0 bridgehead atoms. The Morgan fingerprint density at radius 1 is 1.11 bits per heavy atom. The van der Waals surface area contributed by atoms with Crippen molar-refractivity contribution >= 4 is 34.0 Å². The summed E-state index contributed by atoms with van der Waals surface area (Å²) in [5.41, 5.74) is 2.73. The number of carbonyl (C=O) groups excluding carboxylic acids is 2. The molecule has 1 aliphatic heterocycles. The van der Waals surface area contributed by atoms with Gasteiger partial charge in [-0.3, -0.25) is 9.59 Å². The monoisotopic (exact) mass is 377 g/mol. The Morgan fingerprint density at radius 3 is 2.48 bits per heavy atom. The number of rotatable bonds is 4. The molecule has 0 aliphatic carbocycles. The zero-order valence-electron chi connectivity index (χ0n) is 14.9. The zero-order chi connectivity index (χ0) is 18.8. The first-order chi connectivity index (χ1) is 13.1. The van der Waals surface area contributed by atoms with Crippen LogP contribution in [-0.4, -0.2) is 23.3 Å². The third kappa shape index (κ3) is 3.61. The lowest BCUT2D eigenvalue weighted by Crippen LogP contribution is -2.28. The fourth-order valence-electron chi connectivity index (χ4n) is 3.26. The molecule has 1 N–H and O–H groups in total. The maximum absolute atomic E-state index is 12.7. The summed E-state index contributed by atoms with van der Waals surface area (Å²) in [6.45, 7) is 2.39. The molecule has 0 spiro atoms. The number of nitrogens with zero attached hydrogens (tertiary/aromatic N) is 2. The highest BCUT2D eigenvalue weighted by molar-refractivity contribution is 7.16. The van der Waals surface area contributed by atoms with Crippen molar-refractivity contribution in [2.75, 3.05) is 16.8 Å². The SMILES string of the molecule is Cc1sc(NC(=O)[C@@H]2CC(=O)N(c3ccccc3)C2)nc1-c1ccccc1. The normalized spacial score (nSPS) is 16.6. The maximum Gasteiger partial charge on any atom is 0.231 e.